The summed E-state index contributed by atoms with van der Waals surface area (Å²) < 4.78 is 46.9. The first-order valence-electron chi connectivity index (χ1n) is 9.95. The molecule has 2 heterocycles. The minimum atomic E-state index is -3.70. The van der Waals surface area contributed by atoms with Gasteiger partial charge in [0.2, 0.25) is 10.0 Å². The maximum atomic E-state index is 13.1. The van der Waals surface area contributed by atoms with Crippen LogP contribution in [0.25, 0.3) is 5.69 Å². The topological polar surface area (TPSA) is 81.5 Å². The largest absolute Gasteiger partial charge is 0.461 e. The van der Waals surface area contributed by atoms with E-state index in [1.807, 2.05) is 36.5 Å². The van der Waals surface area contributed by atoms with E-state index < -0.39 is 15.8 Å². The smallest absolute Gasteiger partial charge is 0.309 e. The summed E-state index contributed by atoms with van der Waals surface area (Å²) in [6.07, 6.45) is 4.32. The van der Waals surface area contributed by atoms with E-state index in [0.717, 1.165) is 23.4 Å². The fraction of sp³-hybridized carbons (Fsp3) is 0.273. The third kappa shape index (κ3) is 4.83. The van der Waals surface area contributed by atoms with Crippen LogP contribution in [0.15, 0.2) is 71.9 Å². The van der Waals surface area contributed by atoms with Gasteiger partial charge in [0.25, 0.3) is 0 Å². The van der Waals surface area contributed by atoms with Crippen LogP contribution in [0.4, 0.5) is 4.39 Å². The molecular weight excluding hydrogens is 421 g/mol. The summed E-state index contributed by atoms with van der Waals surface area (Å²) in [5.74, 6) is -1.16. The van der Waals surface area contributed by atoms with E-state index in [-0.39, 0.29) is 36.5 Å². The highest BCUT2D eigenvalue weighted by Gasteiger charge is 2.32. The third-order valence-corrected chi connectivity index (χ3v) is 7.24. The highest BCUT2D eigenvalue weighted by atomic mass is 32.2. The molecule has 1 aromatic heterocycles. The molecule has 0 amide bonds. The minimum absolute atomic E-state index is 0.0495. The number of ether oxygens (including phenoxy) is 1. The van der Waals surface area contributed by atoms with Crippen molar-refractivity contribution in [1.29, 1.82) is 0 Å². The number of halogens is 1. The van der Waals surface area contributed by atoms with Crippen molar-refractivity contribution in [3.63, 3.8) is 0 Å². The Morgan fingerprint density at radius 3 is 2.35 bits per heavy atom. The number of carbonyl (C=O) groups excluding carboxylic acids is 1. The minimum Gasteiger partial charge on any atom is -0.461 e. The van der Waals surface area contributed by atoms with Gasteiger partial charge in [-0.05, 0) is 60.9 Å². The van der Waals surface area contributed by atoms with Gasteiger partial charge in [-0.3, -0.25) is 4.79 Å². The second kappa shape index (κ2) is 8.99. The molecule has 0 atom stereocenters. The van der Waals surface area contributed by atoms with Crippen molar-refractivity contribution >= 4 is 16.0 Å². The first-order chi connectivity index (χ1) is 14.9. The lowest BCUT2D eigenvalue weighted by Gasteiger charge is -2.30. The Kier molecular flexibility index (Phi) is 6.15. The fourth-order valence-corrected chi connectivity index (χ4v) is 5.00. The molecule has 7 nitrogen and oxygen atoms in total. The van der Waals surface area contributed by atoms with Gasteiger partial charge in [-0.1, -0.05) is 12.1 Å². The van der Waals surface area contributed by atoms with Crippen LogP contribution < -0.4 is 0 Å². The molecular formula is C22H22FN3O4S. The summed E-state index contributed by atoms with van der Waals surface area (Å²) in [6, 6.07) is 14.1. The highest BCUT2D eigenvalue weighted by molar-refractivity contribution is 7.89. The van der Waals surface area contributed by atoms with E-state index in [0.29, 0.717) is 12.8 Å². The lowest BCUT2D eigenvalue weighted by Crippen LogP contribution is -2.40. The Morgan fingerprint density at radius 2 is 1.74 bits per heavy atom. The summed E-state index contributed by atoms with van der Waals surface area (Å²) in [7, 11) is -3.70. The van der Waals surface area contributed by atoms with Crippen LogP contribution in [0.3, 0.4) is 0 Å². The molecule has 1 aliphatic heterocycles. The van der Waals surface area contributed by atoms with Crippen LogP contribution in [-0.2, 0) is 26.2 Å². The molecule has 0 radical (unpaired) electrons. The second-order valence-electron chi connectivity index (χ2n) is 7.36. The Bertz CT molecular complexity index is 1120. The van der Waals surface area contributed by atoms with Crippen LogP contribution in [0.2, 0.25) is 0 Å². The lowest BCUT2D eigenvalue weighted by molar-refractivity contribution is -0.151. The second-order valence-corrected chi connectivity index (χ2v) is 9.30. The number of hydrogen-bond donors (Lipinski definition) is 0. The molecule has 162 valence electrons. The number of hydrogen-bond acceptors (Lipinski definition) is 5. The molecule has 0 unspecified atom stereocenters. The van der Waals surface area contributed by atoms with Gasteiger partial charge in [0.05, 0.1) is 16.5 Å². The van der Waals surface area contributed by atoms with Gasteiger partial charge >= 0.3 is 5.97 Å². The number of rotatable bonds is 6. The van der Waals surface area contributed by atoms with Crippen LogP contribution >= 0.6 is 0 Å². The van der Waals surface area contributed by atoms with Crippen molar-refractivity contribution in [2.75, 3.05) is 13.1 Å². The van der Waals surface area contributed by atoms with Crippen molar-refractivity contribution in [2.45, 2.75) is 24.3 Å². The van der Waals surface area contributed by atoms with Crippen LogP contribution in [0, 0.1) is 11.7 Å². The summed E-state index contributed by atoms with van der Waals surface area (Å²) >= 11 is 0. The average Bonchev–Trinajstić information content (AvgIpc) is 3.33. The van der Waals surface area contributed by atoms with E-state index in [4.69, 9.17) is 4.74 Å². The third-order valence-electron chi connectivity index (χ3n) is 5.33. The van der Waals surface area contributed by atoms with Crippen molar-refractivity contribution in [3.05, 3.63) is 78.4 Å². The summed E-state index contributed by atoms with van der Waals surface area (Å²) in [4.78, 5) is 12.5. The number of esters is 1. The molecule has 31 heavy (non-hydrogen) atoms. The van der Waals surface area contributed by atoms with Crippen molar-refractivity contribution in [3.8, 4) is 5.69 Å². The normalized spacial score (nSPS) is 15.6. The van der Waals surface area contributed by atoms with Crippen molar-refractivity contribution in [2.24, 2.45) is 5.92 Å². The predicted molar refractivity (Wildman–Crippen MR) is 111 cm³/mol. The number of benzene rings is 2. The van der Waals surface area contributed by atoms with Crippen LogP contribution in [0.5, 0.6) is 0 Å². The van der Waals surface area contributed by atoms with Crippen LogP contribution in [-0.4, -0.2) is 41.6 Å². The molecule has 9 heteroatoms. The van der Waals surface area contributed by atoms with E-state index in [1.165, 1.54) is 16.4 Å². The van der Waals surface area contributed by atoms with Gasteiger partial charge in [-0.2, -0.15) is 9.40 Å². The molecule has 4 rings (SSSR count). The zero-order valence-electron chi connectivity index (χ0n) is 16.7. The molecule has 1 fully saturated rings. The van der Waals surface area contributed by atoms with E-state index >= 15 is 0 Å². The monoisotopic (exact) mass is 443 g/mol. The van der Waals surface area contributed by atoms with E-state index in [1.54, 1.807) is 10.9 Å². The SMILES string of the molecule is O=C(OCc1ccc(-n2cccn2)cc1)C1CCN(S(=O)(=O)c2ccc(F)cc2)CC1. The predicted octanol–water partition coefficient (Wildman–Crippen LogP) is 3.16. The van der Waals surface area contributed by atoms with Crippen molar-refractivity contribution in [1.82, 2.24) is 14.1 Å². The standard InChI is InChI=1S/C22H22FN3O4S/c23-19-4-8-21(9-5-19)31(28,29)25-14-10-18(11-15-25)22(27)30-16-17-2-6-20(7-3-17)26-13-1-12-24-26/h1-9,12-13,18H,10-11,14-16H2. The highest BCUT2D eigenvalue weighted by Crippen LogP contribution is 2.25. The molecule has 0 spiro atoms. The molecule has 0 bridgehead atoms. The Hall–Kier alpha value is -3.04. The number of piperidine rings is 1. The summed E-state index contributed by atoms with van der Waals surface area (Å²) in [6.45, 7) is 0.600. The van der Waals surface area contributed by atoms with Gasteiger partial charge < -0.3 is 4.74 Å². The fourth-order valence-electron chi connectivity index (χ4n) is 3.53. The Balaban J connectivity index is 1.29. The molecule has 2 aromatic carbocycles. The molecule has 0 N–H and O–H groups in total. The van der Waals surface area contributed by atoms with Gasteiger partial charge in [0, 0.05) is 25.5 Å². The Labute approximate surface area is 180 Å². The maximum Gasteiger partial charge on any atom is 0.309 e. The first kappa shape index (κ1) is 21.2. The average molecular weight is 444 g/mol. The summed E-state index contributed by atoms with van der Waals surface area (Å²) in [5.41, 5.74) is 1.77. The number of carbonyl (C=O) groups is 1. The van der Waals surface area contributed by atoms with E-state index in [9.17, 15) is 17.6 Å². The summed E-state index contributed by atoms with van der Waals surface area (Å²) in [5, 5.41) is 4.17. The van der Waals surface area contributed by atoms with Crippen LogP contribution in [0.1, 0.15) is 18.4 Å². The van der Waals surface area contributed by atoms with Gasteiger partial charge in [-0.15, -0.1) is 0 Å². The molecule has 0 saturated carbocycles. The zero-order valence-corrected chi connectivity index (χ0v) is 17.5. The van der Waals surface area contributed by atoms with Crippen molar-refractivity contribution < 1.29 is 22.3 Å². The van der Waals surface area contributed by atoms with Gasteiger partial charge in [0.15, 0.2) is 0 Å². The molecule has 0 aliphatic carbocycles. The maximum absolute atomic E-state index is 13.1. The van der Waals surface area contributed by atoms with Gasteiger partial charge in [-0.25, -0.2) is 17.5 Å². The first-order valence-corrected chi connectivity index (χ1v) is 11.4. The van der Waals surface area contributed by atoms with E-state index in [2.05, 4.69) is 5.10 Å². The Morgan fingerprint density at radius 1 is 1.06 bits per heavy atom. The number of sulfonamides is 1. The number of aromatic nitrogens is 2. The lowest BCUT2D eigenvalue weighted by atomic mass is 9.98. The zero-order chi connectivity index (χ0) is 21.8. The number of nitrogens with zero attached hydrogens (tertiary/aromatic N) is 3. The molecule has 1 aliphatic rings. The molecule has 1 saturated heterocycles. The quantitative estimate of drug-likeness (QED) is 0.547. The molecule has 3 aromatic rings. The van der Waals surface area contributed by atoms with Gasteiger partial charge in [0.1, 0.15) is 12.4 Å².